The Morgan fingerprint density at radius 1 is 0.977 bits per heavy atom. The Labute approximate surface area is 252 Å². The summed E-state index contributed by atoms with van der Waals surface area (Å²) in [5.74, 6) is -3.93. The van der Waals surface area contributed by atoms with Gasteiger partial charge in [-0.05, 0) is 55.3 Å². The molecule has 2 aromatic carbocycles. The van der Waals surface area contributed by atoms with Crippen molar-refractivity contribution in [3.05, 3.63) is 58.9 Å². The number of hydrogen-bond acceptors (Lipinski definition) is 8. The van der Waals surface area contributed by atoms with Crippen molar-refractivity contribution in [3.8, 4) is 5.75 Å². The second-order valence-electron chi connectivity index (χ2n) is 10.4. The highest BCUT2D eigenvalue weighted by atomic mass is 35.5. The van der Waals surface area contributed by atoms with Gasteiger partial charge in [0.25, 0.3) is 5.91 Å². The van der Waals surface area contributed by atoms with Gasteiger partial charge < -0.3 is 24.6 Å². The van der Waals surface area contributed by atoms with Crippen LogP contribution in [-0.4, -0.2) is 84.4 Å². The number of carbonyl (C=O) groups excluding carboxylic acids is 2. The summed E-state index contributed by atoms with van der Waals surface area (Å²) in [4.78, 5) is 35.0. The maximum absolute atomic E-state index is 13.7. The van der Waals surface area contributed by atoms with Crippen LogP contribution in [0.5, 0.6) is 5.75 Å². The molecule has 0 radical (unpaired) electrons. The standard InChI is InChI=1S/C28H26ClF6N5O4/c1-43-18-6-7-20-19(12-18)23(38-25(37-20)27(30,31)32)40-13-21(22(14-40)44-26(42)28(33,34)35)36-17-8-10-39(11-9-17)24(41)15-2-4-16(29)5-3-15/h2-7,12,17,21-22,36H,8-11,13-14H2,1H3. The molecule has 2 atom stereocenters. The van der Waals surface area contributed by atoms with Crippen LogP contribution in [0.25, 0.3) is 10.9 Å². The van der Waals surface area contributed by atoms with Crippen LogP contribution in [0.2, 0.25) is 5.02 Å². The quantitative estimate of drug-likeness (QED) is 0.300. The molecule has 2 unspecified atom stereocenters. The normalized spacial score (nSPS) is 19.8. The van der Waals surface area contributed by atoms with Crippen molar-refractivity contribution in [1.29, 1.82) is 0 Å². The first-order valence-electron chi connectivity index (χ1n) is 13.5. The molecule has 1 N–H and O–H groups in total. The minimum atomic E-state index is -5.27. The lowest BCUT2D eigenvalue weighted by Gasteiger charge is -2.34. The molecule has 236 valence electrons. The average Bonchev–Trinajstić information content (AvgIpc) is 3.37. The predicted molar refractivity (Wildman–Crippen MR) is 147 cm³/mol. The summed E-state index contributed by atoms with van der Waals surface area (Å²) >= 11 is 5.90. The fourth-order valence-electron chi connectivity index (χ4n) is 5.34. The second-order valence-corrected chi connectivity index (χ2v) is 10.9. The highest BCUT2D eigenvalue weighted by molar-refractivity contribution is 6.30. The van der Waals surface area contributed by atoms with Gasteiger partial charge in [-0.3, -0.25) is 4.79 Å². The fourth-order valence-corrected chi connectivity index (χ4v) is 5.47. The number of halogens is 7. The van der Waals surface area contributed by atoms with Crippen molar-refractivity contribution in [2.75, 3.05) is 38.2 Å². The zero-order valence-corrected chi connectivity index (χ0v) is 23.8. The first-order chi connectivity index (χ1) is 20.7. The Bertz CT molecular complexity index is 1530. The van der Waals surface area contributed by atoms with Gasteiger partial charge in [0, 0.05) is 41.6 Å². The first-order valence-corrected chi connectivity index (χ1v) is 13.9. The topological polar surface area (TPSA) is 96.9 Å². The molecule has 0 aliphatic carbocycles. The van der Waals surface area contributed by atoms with E-state index in [1.165, 1.54) is 30.2 Å². The number of amides is 1. The summed E-state index contributed by atoms with van der Waals surface area (Å²) < 4.78 is 90.6. The zero-order chi connectivity index (χ0) is 31.8. The molecule has 0 saturated carbocycles. The van der Waals surface area contributed by atoms with Crippen molar-refractivity contribution in [2.24, 2.45) is 0 Å². The number of alkyl halides is 6. The van der Waals surface area contributed by atoms with E-state index >= 15 is 0 Å². The zero-order valence-electron chi connectivity index (χ0n) is 23.1. The molecule has 3 aromatic rings. The van der Waals surface area contributed by atoms with Crippen LogP contribution in [0.1, 0.15) is 29.0 Å². The molecule has 1 amide bonds. The van der Waals surface area contributed by atoms with Gasteiger partial charge in [-0.1, -0.05) is 11.6 Å². The van der Waals surface area contributed by atoms with Crippen molar-refractivity contribution in [1.82, 2.24) is 20.2 Å². The van der Waals surface area contributed by atoms with Crippen LogP contribution in [0, 0.1) is 0 Å². The average molecular weight is 646 g/mol. The molecule has 9 nitrogen and oxygen atoms in total. The first kappa shape index (κ1) is 31.6. The maximum Gasteiger partial charge on any atom is 0.490 e. The van der Waals surface area contributed by atoms with Crippen LogP contribution in [0.3, 0.4) is 0 Å². The van der Waals surface area contributed by atoms with Crippen LogP contribution in [0.4, 0.5) is 32.2 Å². The number of likely N-dealkylation sites (tertiary alicyclic amines) is 1. The summed E-state index contributed by atoms with van der Waals surface area (Å²) in [7, 11) is 1.36. The van der Waals surface area contributed by atoms with Gasteiger partial charge in [-0.2, -0.15) is 26.3 Å². The molecule has 2 aliphatic heterocycles. The number of aromatic nitrogens is 2. The van der Waals surface area contributed by atoms with Gasteiger partial charge >= 0.3 is 18.3 Å². The largest absolute Gasteiger partial charge is 0.497 e. The minimum absolute atomic E-state index is 0.0545. The predicted octanol–water partition coefficient (Wildman–Crippen LogP) is 4.87. The Morgan fingerprint density at radius 2 is 1.66 bits per heavy atom. The number of esters is 1. The Hall–Kier alpha value is -3.85. The molecule has 1 aromatic heterocycles. The van der Waals surface area contributed by atoms with Gasteiger partial charge in [-0.15, -0.1) is 0 Å². The lowest BCUT2D eigenvalue weighted by atomic mass is 10.0. The number of anilines is 1. The summed E-state index contributed by atoms with van der Waals surface area (Å²) in [5, 5.41) is 3.87. The highest BCUT2D eigenvalue weighted by Gasteiger charge is 2.47. The molecule has 16 heteroatoms. The van der Waals surface area contributed by atoms with E-state index in [4.69, 9.17) is 21.1 Å². The number of carbonyl (C=O) groups is 2. The minimum Gasteiger partial charge on any atom is -0.497 e. The number of benzene rings is 2. The van der Waals surface area contributed by atoms with E-state index in [2.05, 4.69) is 15.3 Å². The Morgan fingerprint density at radius 3 is 2.27 bits per heavy atom. The van der Waals surface area contributed by atoms with Gasteiger partial charge in [0.05, 0.1) is 25.2 Å². The molecule has 0 spiro atoms. The van der Waals surface area contributed by atoms with Crippen LogP contribution < -0.4 is 15.0 Å². The van der Waals surface area contributed by atoms with E-state index in [1.807, 2.05) is 0 Å². The summed E-state index contributed by atoms with van der Waals surface area (Å²) in [6.07, 6.45) is -10.7. The SMILES string of the molecule is COc1ccc2nc(C(F)(F)F)nc(N3CC(NC4CCN(C(=O)c5ccc(Cl)cc5)CC4)C(OC(=O)C(F)(F)F)C3)c2c1. The number of nitrogens with zero attached hydrogens (tertiary/aromatic N) is 4. The Balaban J connectivity index is 1.37. The lowest BCUT2D eigenvalue weighted by Crippen LogP contribution is -2.52. The number of ether oxygens (including phenoxy) is 2. The van der Waals surface area contributed by atoms with E-state index in [9.17, 15) is 35.9 Å². The van der Waals surface area contributed by atoms with E-state index in [1.54, 1.807) is 29.2 Å². The molecular weight excluding hydrogens is 620 g/mol. The number of fused-ring (bicyclic) bond motifs is 1. The molecule has 3 heterocycles. The third-order valence-corrected chi connectivity index (χ3v) is 7.77. The summed E-state index contributed by atoms with van der Waals surface area (Å²) in [6.45, 7) is 0.191. The van der Waals surface area contributed by atoms with Gasteiger partial charge in [-0.25, -0.2) is 14.8 Å². The second kappa shape index (κ2) is 12.3. The summed E-state index contributed by atoms with van der Waals surface area (Å²) in [6, 6.07) is 9.42. The number of rotatable bonds is 6. The van der Waals surface area contributed by atoms with Crippen molar-refractivity contribution >= 4 is 40.2 Å². The smallest absolute Gasteiger partial charge is 0.490 e. The van der Waals surface area contributed by atoms with Crippen molar-refractivity contribution < 1.29 is 45.4 Å². The van der Waals surface area contributed by atoms with Crippen molar-refractivity contribution in [3.63, 3.8) is 0 Å². The molecule has 44 heavy (non-hydrogen) atoms. The van der Waals surface area contributed by atoms with Crippen molar-refractivity contribution in [2.45, 2.75) is 43.4 Å². The lowest BCUT2D eigenvalue weighted by molar-refractivity contribution is -0.204. The Kier molecular flexibility index (Phi) is 8.80. The third kappa shape index (κ3) is 6.93. The molecule has 0 bridgehead atoms. The number of hydrogen-bond donors (Lipinski definition) is 1. The molecule has 5 rings (SSSR count). The molecular formula is C28H26ClF6N5O4. The highest BCUT2D eigenvalue weighted by Crippen LogP contribution is 2.35. The maximum atomic E-state index is 13.7. The molecule has 2 aliphatic rings. The number of nitrogens with one attached hydrogen (secondary N) is 1. The van der Waals surface area contributed by atoms with E-state index in [-0.39, 0.29) is 41.8 Å². The summed E-state index contributed by atoms with van der Waals surface area (Å²) in [5.41, 5.74) is 0.402. The monoisotopic (exact) mass is 645 g/mol. The van der Waals surface area contributed by atoms with Crippen LogP contribution in [-0.2, 0) is 15.7 Å². The van der Waals surface area contributed by atoms with Gasteiger partial charge in [0.1, 0.15) is 17.7 Å². The number of methoxy groups -OCH3 is 1. The molecule has 2 fully saturated rings. The number of piperidine rings is 1. The van der Waals surface area contributed by atoms with Crippen LogP contribution >= 0.6 is 11.6 Å². The molecule has 2 saturated heterocycles. The van der Waals surface area contributed by atoms with E-state index in [0.29, 0.717) is 42.3 Å². The van der Waals surface area contributed by atoms with Crippen LogP contribution in [0.15, 0.2) is 42.5 Å². The van der Waals surface area contributed by atoms with Gasteiger partial charge in [0.15, 0.2) is 0 Å². The fraction of sp³-hybridized carbons (Fsp3) is 0.429. The van der Waals surface area contributed by atoms with E-state index < -0.39 is 36.3 Å². The van der Waals surface area contributed by atoms with E-state index in [0.717, 1.165) is 0 Å². The van der Waals surface area contributed by atoms with Gasteiger partial charge in [0.2, 0.25) is 5.82 Å². The third-order valence-electron chi connectivity index (χ3n) is 7.52.